The molecule has 43 heavy (non-hydrogen) atoms. The van der Waals surface area contributed by atoms with Crippen molar-refractivity contribution in [2.45, 2.75) is 41.8 Å². The molecule has 3 heterocycles. The van der Waals surface area contributed by atoms with Gasteiger partial charge in [-0.3, -0.25) is 4.79 Å². The van der Waals surface area contributed by atoms with E-state index in [-0.39, 0.29) is 27.3 Å². The lowest BCUT2D eigenvalue weighted by Crippen LogP contribution is -2.29. The summed E-state index contributed by atoms with van der Waals surface area (Å²) in [5, 5.41) is 11.6. The third-order valence-corrected chi connectivity index (χ3v) is 8.69. The van der Waals surface area contributed by atoms with E-state index in [1.165, 1.54) is 16.7 Å². The molecule has 1 saturated heterocycles. The van der Waals surface area contributed by atoms with Gasteiger partial charge in [0.25, 0.3) is 5.56 Å². The second-order valence-electron chi connectivity index (χ2n) is 10.4. The molecule has 0 aliphatic carbocycles. The first-order valence-electron chi connectivity index (χ1n) is 13.7. The minimum atomic E-state index is -4.59. The normalized spacial score (nSPS) is 14.0. The molecule has 3 aromatic carbocycles. The Morgan fingerprint density at radius 3 is 2.42 bits per heavy atom. The van der Waals surface area contributed by atoms with Crippen LogP contribution in [0.2, 0.25) is 0 Å². The molecule has 7 nitrogen and oxygen atoms in total. The van der Waals surface area contributed by atoms with Crippen LogP contribution in [-0.2, 0) is 12.7 Å². The third-order valence-electron chi connectivity index (χ3n) is 7.64. The van der Waals surface area contributed by atoms with E-state index >= 15 is 0 Å². The molecule has 1 N–H and O–H groups in total. The number of alkyl halides is 3. The van der Waals surface area contributed by atoms with Crippen LogP contribution in [0, 0.1) is 0 Å². The number of benzene rings is 3. The fourth-order valence-electron chi connectivity index (χ4n) is 5.44. The molecular weight excluding hydrogens is 581 g/mol. The second kappa shape index (κ2) is 11.4. The molecule has 6 rings (SSSR count). The van der Waals surface area contributed by atoms with E-state index in [0.29, 0.717) is 28.4 Å². The van der Waals surface area contributed by atoms with Gasteiger partial charge in [-0.2, -0.15) is 13.2 Å². The first-order valence-corrected chi connectivity index (χ1v) is 14.5. The predicted octanol–water partition coefficient (Wildman–Crippen LogP) is 7.03. The summed E-state index contributed by atoms with van der Waals surface area (Å²) < 4.78 is 52.4. The molecule has 1 aliphatic rings. The first-order chi connectivity index (χ1) is 20.6. The van der Waals surface area contributed by atoms with Gasteiger partial charge in [-0.1, -0.05) is 30.0 Å². The molecule has 1 aliphatic heterocycles. The zero-order valence-corrected chi connectivity index (χ0v) is 23.9. The number of hydrogen-bond donors (Lipinski definition) is 1. The van der Waals surface area contributed by atoms with Crippen molar-refractivity contribution in [1.29, 1.82) is 0 Å². The van der Waals surface area contributed by atoms with Crippen LogP contribution in [0.3, 0.4) is 0 Å². The summed E-state index contributed by atoms with van der Waals surface area (Å²) in [6, 6.07) is 17.2. The summed E-state index contributed by atoms with van der Waals surface area (Å²) in [4.78, 5) is 29.2. The Balaban J connectivity index is 1.56. The largest absolute Gasteiger partial charge is 0.505 e. The smallest absolute Gasteiger partial charge is 0.416 e. The van der Waals surface area contributed by atoms with Crippen LogP contribution in [0.25, 0.3) is 21.9 Å². The van der Waals surface area contributed by atoms with Crippen LogP contribution < -0.4 is 20.8 Å². The number of hydrogen-bond acceptors (Lipinski definition) is 7. The van der Waals surface area contributed by atoms with Crippen LogP contribution >= 0.6 is 11.8 Å². The molecule has 222 valence electrons. The number of fused-ring (bicyclic) bond motifs is 3. The van der Waals surface area contributed by atoms with Crippen molar-refractivity contribution in [3.8, 4) is 11.5 Å². The van der Waals surface area contributed by atoms with Gasteiger partial charge in [0.15, 0.2) is 11.3 Å². The maximum Gasteiger partial charge on any atom is 0.416 e. The van der Waals surface area contributed by atoms with E-state index in [9.17, 15) is 27.9 Å². The Morgan fingerprint density at radius 1 is 0.977 bits per heavy atom. The number of methoxy groups -OCH3 is 1. The minimum absolute atomic E-state index is 0.0588. The number of halogens is 3. The fourth-order valence-corrected chi connectivity index (χ4v) is 6.34. The molecule has 0 amide bonds. The zero-order chi connectivity index (χ0) is 30.3. The molecule has 0 spiro atoms. The van der Waals surface area contributed by atoms with E-state index in [4.69, 9.17) is 9.15 Å². The van der Waals surface area contributed by atoms with Crippen molar-refractivity contribution >= 4 is 39.3 Å². The maximum atomic E-state index is 14.0. The maximum absolute atomic E-state index is 14.0. The summed E-state index contributed by atoms with van der Waals surface area (Å²) >= 11 is 0.613. The molecule has 0 saturated carbocycles. The number of pyridine rings is 1. The van der Waals surface area contributed by atoms with Crippen molar-refractivity contribution in [2.24, 2.45) is 0 Å². The third kappa shape index (κ3) is 5.56. The molecule has 1 fully saturated rings. The Kier molecular flexibility index (Phi) is 7.59. The molecule has 0 unspecified atom stereocenters. The topological polar surface area (TPSA) is 84.9 Å². The molecule has 2 aromatic heterocycles. The quantitative estimate of drug-likeness (QED) is 0.207. The van der Waals surface area contributed by atoms with Gasteiger partial charge in [0.1, 0.15) is 16.0 Å². The lowest BCUT2D eigenvalue weighted by Gasteiger charge is -2.29. The summed E-state index contributed by atoms with van der Waals surface area (Å²) in [6.07, 6.45) is -1.36. The van der Waals surface area contributed by atoms with Gasteiger partial charge in [-0.15, -0.1) is 0 Å². The minimum Gasteiger partial charge on any atom is -0.505 e. The van der Waals surface area contributed by atoms with E-state index in [2.05, 4.69) is 4.90 Å². The van der Waals surface area contributed by atoms with Gasteiger partial charge in [-0.25, -0.2) is 4.79 Å². The fraction of sp³-hybridized carbons (Fsp3) is 0.250. The van der Waals surface area contributed by atoms with E-state index in [0.717, 1.165) is 55.7 Å². The molecule has 5 aromatic rings. The van der Waals surface area contributed by atoms with Crippen LogP contribution in [0.5, 0.6) is 11.5 Å². The van der Waals surface area contributed by atoms with Crippen molar-refractivity contribution in [3.05, 3.63) is 98.6 Å². The summed E-state index contributed by atoms with van der Waals surface area (Å²) in [7, 11) is 1.56. The van der Waals surface area contributed by atoms with Crippen LogP contribution in [0.4, 0.5) is 18.9 Å². The van der Waals surface area contributed by atoms with Crippen molar-refractivity contribution < 1.29 is 27.4 Å². The lowest BCUT2D eigenvalue weighted by molar-refractivity contribution is -0.137. The number of aromatic nitrogens is 1. The molecule has 0 bridgehead atoms. The Hall–Kier alpha value is -4.38. The standard InChI is InChI=1S/C32H27F3N2O5S/c1-41-22-11-8-19(9-12-22)18-37-25-13-10-21(36-14-3-2-4-15-36)17-24(25)28-26(30(37)39)27(38)29(31(40)42-28)43-23-7-5-6-20(16-23)32(33,34)35/h5-13,16-17,38H,2-4,14-15,18H2,1H3. The van der Waals surface area contributed by atoms with E-state index in [1.807, 2.05) is 30.3 Å². The predicted molar refractivity (Wildman–Crippen MR) is 160 cm³/mol. The Morgan fingerprint density at radius 2 is 1.72 bits per heavy atom. The summed E-state index contributed by atoms with van der Waals surface area (Å²) in [5.41, 5.74) is -0.330. The van der Waals surface area contributed by atoms with E-state index in [1.54, 1.807) is 19.2 Å². The SMILES string of the molecule is COc1ccc(Cn2c(=O)c3c(O)c(Sc4cccc(C(F)(F)F)c4)c(=O)oc3c3cc(N4CCCCC4)ccc32)cc1. The van der Waals surface area contributed by atoms with Gasteiger partial charge in [-0.05, 0) is 73.4 Å². The molecule has 11 heteroatoms. The highest BCUT2D eigenvalue weighted by molar-refractivity contribution is 7.99. The Labute approximate surface area is 248 Å². The van der Waals surface area contributed by atoms with Crippen molar-refractivity contribution in [1.82, 2.24) is 4.57 Å². The van der Waals surface area contributed by atoms with Crippen LogP contribution in [0.15, 0.2) is 90.5 Å². The second-order valence-corrected chi connectivity index (χ2v) is 11.5. The highest BCUT2D eigenvalue weighted by Gasteiger charge is 2.31. The van der Waals surface area contributed by atoms with Gasteiger partial charge in [0.2, 0.25) is 0 Å². The average Bonchev–Trinajstić information content (AvgIpc) is 3.01. The van der Waals surface area contributed by atoms with Crippen LogP contribution in [-0.4, -0.2) is 29.9 Å². The van der Waals surface area contributed by atoms with Gasteiger partial charge in [0.05, 0.1) is 24.7 Å². The van der Waals surface area contributed by atoms with Gasteiger partial charge < -0.3 is 23.7 Å². The number of ether oxygens (including phenoxy) is 1. The summed E-state index contributed by atoms with van der Waals surface area (Å²) in [6.45, 7) is 1.87. The monoisotopic (exact) mass is 608 g/mol. The summed E-state index contributed by atoms with van der Waals surface area (Å²) in [5.74, 6) is 0.0220. The van der Waals surface area contributed by atoms with Crippen molar-refractivity contribution in [2.75, 3.05) is 25.1 Å². The van der Waals surface area contributed by atoms with Crippen molar-refractivity contribution in [3.63, 3.8) is 0 Å². The molecular formula is C32H27F3N2O5S. The van der Waals surface area contributed by atoms with E-state index < -0.39 is 28.7 Å². The highest BCUT2D eigenvalue weighted by Crippen LogP contribution is 2.40. The van der Waals surface area contributed by atoms with Gasteiger partial charge >= 0.3 is 11.8 Å². The molecule has 0 atom stereocenters. The Bertz CT molecular complexity index is 1950. The van der Waals surface area contributed by atoms with Gasteiger partial charge in [0, 0.05) is 29.1 Å². The zero-order valence-electron chi connectivity index (χ0n) is 23.1. The lowest BCUT2D eigenvalue weighted by atomic mass is 10.1. The number of anilines is 1. The average molecular weight is 609 g/mol. The van der Waals surface area contributed by atoms with Crippen LogP contribution in [0.1, 0.15) is 30.4 Å². The number of nitrogens with zero attached hydrogens (tertiary/aromatic N) is 2. The number of aromatic hydroxyl groups is 1. The molecule has 0 radical (unpaired) electrons. The highest BCUT2D eigenvalue weighted by atomic mass is 32.2. The first kappa shape index (κ1) is 28.7. The number of rotatable bonds is 6. The number of piperidine rings is 1.